The molecule has 10 heteroatoms. The fraction of sp³-hybridized carbons (Fsp3) is 0.407. The molecule has 1 saturated heterocycles. The molecule has 2 fully saturated rings. The highest BCUT2D eigenvalue weighted by Gasteiger charge is 2.33. The molecule has 3 heterocycles. The van der Waals surface area contributed by atoms with Gasteiger partial charge in [-0.3, -0.25) is 20.0 Å². The fourth-order valence-electron chi connectivity index (χ4n) is 5.78. The number of non-ortho nitro benzene ring substituents is 1. The number of nitro benzene ring substituents is 1. The molecule has 2 aliphatic rings. The summed E-state index contributed by atoms with van der Waals surface area (Å²) in [5.41, 5.74) is 3.25. The van der Waals surface area contributed by atoms with Gasteiger partial charge in [-0.05, 0) is 59.2 Å². The van der Waals surface area contributed by atoms with Gasteiger partial charge in [0.15, 0.2) is 5.82 Å². The molecule has 2 aromatic carbocycles. The van der Waals surface area contributed by atoms with Gasteiger partial charge in [0.1, 0.15) is 0 Å². The van der Waals surface area contributed by atoms with E-state index in [2.05, 4.69) is 59.3 Å². The molecular weight excluding hydrogens is 468 g/mol. The summed E-state index contributed by atoms with van der Waals surface area (Å²) in [7, 11) is 0. The van der Waals surface area contributed by atoms with Crippen LogP contribution in [0.25, 0.3) is 10.9 Å². The van der Waals surface area contributed by atoms with Crippen molar-refractivity contribution in [3.05, 3.63) is 82.3 Å². The van der Waals surface area contributed by atoms with Crippen LogP contribution in [-0.2, 0) is 0 Å². The van der Waals surface area contributed by atoms with Gasteiger partial charge in [-0.25, -0.2) is 4.68 Å². The number of nitrogens with zero attached hydrogens (tertiary/aromatic N) is 8. The molecule has 4 aromatic rings. The standard InChI is InChI=1S/C27H30N8O2/c36-35(37)24-11-9-22(10-12-24)32-15-17-33(18-16-32)26(21-8-13-25-20(19-21)5-4-14-28-25)27-29-30-31-34(27)23-6-2-1-3-7-23/h4-5,8-14,19,23,26H,1-3,6-7,15-18H2. The second-order valence-corrected chi connectivity index (χ2v) is 9.93. The van der Waals surface area contributed by atoms with Crippen molar-refractivity contribution in [1.29, 1.82) is 0 Å². The molecule has 37 heavy (non-hydrogen) atoms. The molecule has 0 N–H and O–H groups in total. The third kappa shape index (κ3) is 4.76. The maximum atomic E-state index is 11.0. The third-order valence-corrected chi connectivity index (χ3v) is 7.73. The van der Waals surface area contributed by atoms with Crippen molar-refractivity contribution in [2.45, 2.75) is 44.2 Å². The molecule has 190 valence electrons. The van der Waals surface area contributed by atoms with Crippen molar-refractivity contribution in [2.75, 3.05) is 31.1 Å². The van der Waals surface area contributed by atoms with Crippen LogP contribution in [0.2, 0.25) is 0 Å². The smallest absolute Gasteiger partial charge is 0.269 e. The molecule has 0 amide bonds. The van der Waals surface area contributed by atoms with Crippen LogP contribution in [0.3, 0.4) is 0 Å². The van der Waals surface area contributed by atoms with E-state index in [-0.39, 0.29) is 16.7 Å². The van der Waals surface area contributed by atoms with Crippen molar-refractivity contribution in [1.82, 2.24) is 30.1 Å². The molecule has 0 bridgehead atoms. The first-order valence-electron chi connectivity index (χ1n) is 13.0. The second-order valence-electron chi connectivity index (χ2n) is 9.93. The van der Waals surface area contributed by atoms with Crippen molar-refractivity contribution in [2.24, 2.45) is 0 Å². The Morgan fingerprint density at radius 3 is 2.49 bits per heavy atom. The molecule has 0 radical (unpaired) electrons. The normalized spacial score (nSPS) is 18.2. The third-order valence-electron chi connectivity index (χ3n) is 7.73. The number of pyridine rings is 1. The van der Waals surface area contributed by atoms with Gasteiger partial charge in [-0.15, -0.1) is 5.10 Å². The molecule has 10 nitrogen and oxygen atoms in total. The first-order chi connectivity index (χ1) is 18.2. The fourth-order valence-corrected chi connectivity index (χ4v) is 5.78. The van der Waals surface area contributed by atoms with E-state index in [1.54, 1.807) is 12.1 Å². The number of nitro groups is 1. The largest absolute Gasteiger partial charge is 0.369 e. The molecule has 1 unspecified atom stereocenters. The lowest BCUT2D eigenvalue weighted by Gasteiger charge is -2.40. The van der Waals surface area contributed by atoms with Crippen LogP contribution in [0.1, 0.15) is 55.6 Å². The highest BCUT2D eigenvalue weighted by atomic mass is 16.6. The summed E-state index contributed by atoms with van der Waals surface area (Å²) >= 11 is 0. The first kappa shape index (κ1) is 23.5. The molecule has 0 spiro atoms. The Hall–Kier alpha value is -3.92. The first-order valence-corrected chi connectivity index (χ1v) is 13.0. The van der Waals surface area contributed by atoms with Gasteiger partial charge in [-0.2, -0.15) is 0 Å². The Kier molecular flexibility index (Phi) is 6.48. The number of rotatable bonds is 6. The van der Waals surface area contributed by atoms with Crippen LogP contribution in [0, 0.1) is 10.1 Å². The maximum absolute atomic E-state index is 11.0. The minimum atomic E-state index is -0.359. The SMILES string of the molecule is O=[N+]([O-])c1ccc(N2CCN(C(c3ccc4ncccc4c3)c3nnnn3C3CCCCC3)CC2)cc1. The van der Waals surface area contributed by atoms with E-state index < -0.39 is 0 Å². The average molecular weight is 499 g/mol. The lowest BCUT2D eigenvalue weighted by Crippen LogP contribution is -2.48. The van der Waals surface area contributed by atoms with Gasteiger partial charge in [0.05, 0.1) is 22.5 Å². The van der Waals surface area contributed by atoms with Gasteiger partial charge in [-0.1, -0.05) is 31.4 Å². The van der Waals surface area contributed by atoms with E-state index in [9.17, 15) is 10.1 Å². The van der Waals surface area contributed by atoms with E-state index in [0.29, 0.717) is 6.04 Å². The lowest BCUT2D eigenvalue weighted by atomic mass is 9.94. The van der Waals surface area contributed by atoms with Gasteiger partial charge in [0.25, 0.3) is 5.69 Å². The highest BCUT2D eigenvalue weighted by Crippen LogP contribution is 2.35. The Morgan fingerprint density at radius 2 is 1.73 bits per heavy atom. The Balaban J connectivity index is 1.30. The Morgan fingerprint density at radius 1 is 0.946 bits per heavy atom. The molecule has 1 aliphatic heterocycles. The minimum Gasteiger partial charge on any atom is -0.369 e. The summed E-state index contributed by atoms with van der Waals surface area (Å²) in [5, 5.41) is 25.4. The van der Waals surface area contributed by atoms with E-state index in [4.69, 9.17) is 0 Å². The zero-order valence-corrected chi connectivity index (χ0v) is 20.7. The summed E-state index contributed by atoms with van der Waals surface area (Å²) in [4.78, 5) is 19.9. The van der Waals surface area contributed by atoms with Crippen molar-refractivity contribution < 1.29 is 4.92 Å². The summed E-state index contributed by atoms with van der Waals surface area (Å²) in [6, 6.07) is 17.6. The van der Waals surface area contributed by atoms with Gasteiger partial charge in [0, 0.05) is 55.6 Å². The number of fused-ring (bicyclic) bond motifs is 1. The summed E-state index contributed by atoms with van der Waals surface area (Å²) in [6.45, 7) is 3.28. The Labute approximate surface area is 215 Å². The van der Waals surface area contributed by atoms with Crippen molar-refractivity contribution in [3.8, 4) is 0 Å². The zero-order chi connectivity index (χ0) is 25.2. The lowest BCUT2D eigenvalue weighted by molar-refractivity contribution is -0.384. The average Bonchev–Trinajstić information content (AvgIpc) is 3.43. The predicted molar refractivity (Wildman–Crippen MR) is 140 cm³/mol. The van der Waals surface area contributed by atoms with E-state index in [1.165, 1.54) is 19.3 Å². The summed E-state index contributed by atoms with van der Waals surface area (Å²) in [5.74, 6) is 0.902. The monoisotopic (exact) mass is 498 g/mol. The second kappa shape index (κ2) is 10.2. The number of hydrogen-bond donors (Lipinski definition) is 0. The van der Waals surface area contributed by atoms with E-state index >= 15 is 0 Å². The number of tetrazole rings is 1. The molecule has 1 aliphatic carbocycles. The topological polar surface area (TPSA) is 106 Å². The van der Waals surface area contributed by atoms with Gasteiger partial charge >= 0.3 is 0 Å². The number of aromatic nitrogens is 5. The van der Waals surface area contributed by atoms with Crippen LogP contribution in [0.5, 0.6) is 0 Å². The number of hydrogen-bond acceptors (Lipinski definition) is 8. The van der Waals surface area contributed by atoms with Crippen LogP contribution >= 0.6 is 0 Å². The van der Waals surface area contributed by atoms with Gasteiger partial charge < -0.3 is 4.90 Å². The highest BCUT2D eigenvalue weighted by molar-refractivity contribution is 5.79. The minimum absolute atomic E-state index is 0.0689. The van der Waals surface area contributed by atoms with E-state index in [1.807, 2.05) is 24.4 Å². The summed E-state index contributed by atoms with van der Waals surface area (Å²) in [6.07, 6.45) is 7.75. The number of benzene rings is 2. The number of anilines is 1. The Bertz CT molecular complexity index is 1370. The van der Waals surface area contributed by atoms with Gasteiger partial charge in [0.2, 0.25) is 0 Å². The van der Waals surface area contributed by atoms with Crippen LogP contribution in [-0.4, -0.2) is 61.2 Å². The predicted octanol–water partition coefficient (Wildman–Crippen LogP) is 4.55. The number of piperazine rings is 1. The van der Waals surface area contributed by atoms with Crippen molar-refractivity contribution >= 4 is 22.3 Å². The van der Waals surface area contributed by atoms with Crippen LogP contribution in [0.15, 0.2) is 60.8 Å². The molecule has 1 saturated carbocycles. The van der Waals surface area contributed by atoms with E-state index in [0.717, 1.165) is 67.0 Å². The molecule has 1 atom stereocenters. The molecule has 2 aromatic heterocycles. The maximum Gasteiger partial charge on any atom is 0.269 e. The quantitative estimate of drug-likeness (QED) is 0.282. The van der Waals surface area contributed by atoms with Crippen LogP contribution < -0.4 is 4.90 Å². The summed E-state index contributed by atoms with van der Waals surface area (Å²) < 4.78 is 2.08. The van der Waals surface area contributed by atoms with Crippen molar-refractivity contribution in [3.63, 3.8) is 0 Å². The molecule has 6 rings (SSSR count). The zero-order valence-electron chi connectivity index (χ0n) is 20.7. The molecular formula is C27H30N8O2. The van der Waals surface area contributed by atoms with Crippen LogP contribution in [0.4, 0.5) is 11.4 Å².